The van der Waals surface area contributed by atoms with Gasteiger partial charge in [-0.05, 0) is 38.5 Å². The first kappa shape index (κ1) is 13.0. The van der Waals surface area contributed by atoms with Gasteiger partial charge in [-0.1, -0.05) is 13.3 Å². The molecule has 0 amide bonds. The van der Waals surface area contributed by atoms with Crippen molar-refractivity contribution in [1.29, 1.82) is 5.26 Å². The van der Waals surface area contributed by atoms with Crippen molar-refractivity contribution in [3.05, 3.63) is 0 Å². The van der Waals surface area contributed by atoms with E-state index in [1.807, 2.05) is 0 Å². The van der Waals surface area contributed by atoms with Gasteiger partial charge in [-0.15, -0.1) is 0 Å². The predicted octanol–water partition coefficient (Wildman–Crippen LogP) is 3.05. The van der Waals surface area contributed by atoms with Crippen LogP contribution in [-0.2, 0) is 9.53 Å². The summed E-state index contributed by atoms with van der Waals surface area (Å²) in [6, 6.07) is 2.35. The Bertz CT molecular complexity index is 272. The van der Waals surface area contributed by atoms with Crippen LogP contribution in [0.25, 0.3) is 0 Å². The number of carbonyl (C=O) groups excluding carboxylic acids is 1. The second-order valence-corrected chi connectivity index (χ2v) is 4.73. The van der Waals surface area contributed by atoms with Crippen LogP contribution in [0.4, 0.5) is 0 Å². The molecule has 1 fully saturated rings. The Morgan fingerprint density at radius 3 is 2.50 bits per heavy atom. The Balaban J connectivity index is 2.53. The van der Waals surface area contributed by atoms with E-state index in [-0.39, 0.29) is 12.4 Å². The van der Waals surface area contributed by atoms with Crippen LogP contribution in [0, 0.1) is 22.7 Å². The molecular formula is C13H21NO2. The minimum atomic E-state index is -0.447. The van der Waals surface area contributed by atoms with Crippen LogP contribution in [0.5, 0.6) is 0 Å². The van der Waals surface area contributed by atoms with E-state index in [1.165, 1.54) is 6.42 Å². The summed E-state index contributed by atoms with van der Waals surface area (Å²) in [7, 11) is 0. The lowest BCUT2D eigenvalue weighted by Crippen LogP contribution is -2.29. The predicted molar refractivity (Wildman–Crippen MR) is 61.5 cm³/mol. The number of nitrogens with zero attached hydrogens (tertiary/aromatic N) is 1. The van der Waals surface area contributed by atoms with Crippen LogP contribution in [0.15, 0.2) is 0 Å². The first-order chi connectivity index (χ1) is 7.65. The highest BCUT2D eigenvalue weighted by Gasteiger charge is 2.37. The Hall–Kier alpha value is -1.04. The minimum Gasteiger partial charge on any atom is -0.466 e. The van der Waals surface area contributed by atoms with Gasteiger partial charge in [0.15, 0.2) is 0 Å². The lowest BCUT2D eigenvalue weighted by molar-refractivity contribution is -0.145. The van der Waals surface area contributed by atoms with Gasteiger partial charge >= 0.3 is 5.97 Å². The molecule has 0 spiro atoms. The van der Waals surface area contributed by atoms with E-state index in [0.717, 1.165) is 31.6 Å². The zero-order valence-corrected chi connectivity index (χ0v) is 10.3. The number of nitriles is 1. The summed E-state index contributed by atoms with van der Waals surface area (Å²) >= 11 is 0. The maximum absolute atomic E-state index is 11.5. The third-order valence-corrected chi connectivity index (χ3v) is 3.66. The fourth-order valence-electron chi connectivity index (χ4n) is 2.45. The van der Waals surface area contributed by atoms with E-state index in [1.54, 1.807) is 6.92 Å². The van der Waals surface area contributed by atoms with E-state index >= 15 is 0 Å². The van der Waals surface area contributed by atoms with Crippen LogP contribution >= 0.6 is 0 Å². The normalized spacial score (nSPS) is 29.4. The average molecular weight is 223 g/mol. The molecule has 0 radical (unpaired) electrons. The van der Waals surface area contributed by atoms with Gasteiger partial charge in [0.1, 0.15) is 0 Å². The van der Waals surface area contributed by atoms with Crippen LogP contribution in [-0.4, -0.2) is 12.6 Å². The molecule has 0 bridgehead atoms. The Labute approximate surface area is 97.8 Å². The van der Waals surface area contributed by atoms with Gasteiger partial charge in [0.05, 0.1) is 24.5 Å². The second kappa shape index (κ2) is 5.89. The summed E-state index contributed by atoms with van der Waals surface area (Å²) in [4.78, 5) is 11.5. The Morgan fingerprint density at radius 1 is 1.44 bits per heavy atom. The molecule has 0 aliphatic heterocycles. The van der Waals surface area contributed by atoms with Crippen molar-refractivity contribution >= 4 is 5.97 Å². The summed E-state index contributed by atoms with van der Waals surface area (Å²) in [6.45, 7) is 4.39. The number of rotatable bonds is 4. The zero-order chi connectivity index (χ0) is 12.0. The molecule has 0 aromatic rings. The van der Waals surface area contributed by atoms with Gasteiger partial charge in [-0.2, -0.15) is 5.26 Å². The van der Waals surface area contributed by atoms with Crippen molar-refractivity contribution in [2.24, 2.45) is 11.3 Å². The highest BCUT2D eigenvalue weighted by Crippen LogP contribution is 2.42. The van der Waals surface area contributed by atoms with Gasteiger partial charge in [0.25, 0.3) is 0 Å². The maximum Gasteiger partial charge on any atom is 0.307 e. The van der Waals surface area contributed by atoms with Gasteiger partial charge < -0.3 is 4.74 Å². The van der Waals surface area contributed by atoms with Gasteiger partial charge in [0, 0.05) is 0 Å². The molecule has 1 aliphatic rings. The standard InChI is InChI=1S/C13H21NO2/c1-3-11-5-7-13(10-14,8-6-11)9-12(15)16-4-2/h11H,3-9H2,1-2H3/t11-,13-. The second-order valence-electron chi connectivity index (χ2n) is 4.73. The summed E-state index contributed by atoms with van der Waals surface area (Å²) in [5.41, 5.74) is -0.447. The highest BCUT2D eigenvalue weighted by molar-refractivity contribution is 5.70. The summed E-state index contributed by atoms with van der Waals surface area (Å²) in [5, 5.41) is 9.26. The molecule has 16 heavy (non-hydrogen) atoms. The van der Waals surface area contributed by atoms with Crippen molar-refractivity contribution < 1.29 is 9.53 Å². The van der Waals surface area contributed by atoms with Crippen LogP contribution in [0.2, 0.25) is 0 Å². The van der Waals surface area contributed by atoms with Crippen molar-refractivity contribution in [2.45, 2.75) is 52.4 Å². The molecule has 0 N–H and O–H groups in total. The molecule has 0 aromatic heterocycles. The fraction of sp³-hybridized carbons (Fsp3) is 0.846. The zero-order valence-electron chi connectivity index (χ0n) is 10.3. The molecule has 0 heterocycles. The Morgan fingerprint density at radius 2 is 2.06 bits per heavy atom. The molecule has 90 valence electrons. The molecular weight excluding hydrogens is 202 g/mol. The number of esters is 1. The smallest absolute Gasteiger partial charge is 0.307 e. The van der Waals surface area contributed by atoms with E-state index in [0.29, 0.717) is 6.61 Å². The van der Waals surface area contributed by atoms with Crippen LogP contribution in [0.1, 0.15) is 52.4 Å². The fourth-order valence-corrected chi connectivity index (χ4v) is 2.45. The average Bonchev–Trinajstić information content (AvgIpc) is 2.30. The Kier molecular flexibility index (Phi) is 4.79. The minimum absolute atomic E-state index is 0.223. The lowest BCUT2D eigenvalue weighted by Gasteiger charge is -2.33. The monoisotopic (exact) mass is 223 g/mol. The van der Waals surface area contributed by atoms with Gasteiger partial charge in [-0.3, -0.25) is 4.79 Å². The molecule has 3 nitrogen and oxygen atoms in total. The first-order valence-electron chi connectivity index (χ1n) is 6.22. The van der Waals surface area contributed by atoms with Crippen molar-refractivity contribution in [3.63, 3.8) is 0 Å². The van der Waals surface area contributed by atoms with E-state index in [9.17, 15) is 10.1 Å². The summed E-state index contributed by atoms with van der Waals surface area (Å²) < 4.78 is 4.93. The van der Waals surface area contributed by atoms with Crippen LogP contribution < -0.4 is 0 Å². The van der Waals surface area contributed by atoms with E-state index in [2.05, 4.69) is 13.0 Å². The highest BCUT2D eigenvalue weighted by atomic mass is 16.5. The van der Waals surface area contributed by atoms with Crippen LogP contribution in [0.3, 0.4) is 0 Å². The number of ether oxygens (including phenoxy) is 1. The van der Waals surface area contributed by atoms with Crippen molar-refractivity contribution in [2.75, 3.05) is 6.61 Å². The number of hydrogen-bond donors (Lipinski definition) is 0. The quantitative estimate of drug-likeness (QED) is 0.688. The topological polar surface area (TPSA) is 50.1 Å². The molecule has 0 atom stereocenters. The lowest BCUT2D eigenvalue weighted by atomic mass is 9.69. The molecule has 1 rings (SSSR count). The number of carbonyl (C=O) groups is 1. The third kappa shape index (κ3) is 3.23. The molecule has 0 aromatic carbocycles. The molecule has 1 saturated carbocycles. The molecule has 1 aliphatic carbocycles. The SMILES string of the molecule is CCOC(=O)C[C@]1(C#N)CC[C@H](CC)CC1. The largest absolute Gasteiger partial charge is 0.466 e. The molecule has 0 unspecified atom stereocenters. The van der Waals surface area contributed by atoms with Gasteiger partial charge in [-0.25, -0.2) is 0 Å². The van der Waals surface area contributed by atoms with E-state index < -0.39 is 5.41 Å². The summed E-state index contributed by atoms with van der Waals surface area (Å²) in [6.07, 6.45) is 5.29. The molecule has 0 saturated heterocycles. The molecule has 3 heteroatoms. The first-order valence-corrected chi connectivity index (χ1v) is 6.22. The van der Waals surface area contributed by atoms with Gasteiger partial charge in [0.2, 0.25) is 0 Å². The van der Waals surface area contributed by atoms with E-state index in [4.69, 9.17) is 4.74 Å². The number of hydrogen-bond acceptors (Lipinski definition) is 3. The van der Waals surface area contributed by atoms with Crippen molar-refractivity contribution in [3.8, 4) is 6.07 Å². The summed E-state index contributed by atoms with van der Waals surface area (Å²) in [5.74, 6) is 0.516. The third-order valence-electron chi connectivity index (χ3n) is 3.66. The van der Waals surface area contributed by atoms with Crippen molar-refractivity contribution in [1.82, 2.24) is 0 Å². The maximum atomic E-state index is 11.5.